The quantitative estimate of drug-likeness (QED) is 0.910. The minimum absolute atomic E-state index is 0.139. The first kappa shape index (κ1) is 15.7. The van der Waals surface area contributed by atoms with E-state index in [4.69, 9.17) is 0 Å². The van der Waals surface area contributed by atoms with Crippen molar-refractivity contribution in [1.82, 2.24) is 14.9 Å². The summed E-state index contributed by atoms with van der Waals surface area (Å²) in [6, 6.07) is 0. The second-order valence-corrected chi connectivity index (χ2v) is 6.39. The molecule has 1 N–H and O–H groups in total. The van der Waals surface area contributed by atoms with Crippen LogP contribution in [0.15, 0.2) is 4.79 Å². The molecule has 0 saturated carbocycles. The molecule has 0 aromatic carbocycles. The highest BCUT2D eigenvalue weighted by Gasteiger charge is 2.24. The molecular weight excluding hydrogens is 266 g/mol. The lowest BCUT2D eigenvalue weighted by molar-refractivity contribution is 0.0757. The van der Waals surface area contributed by atoms with Crippen LogP contribution in [0.2, 0.25) is 0 Å². The normalized spacial score (nSPS) is 19.7. The van der Waals surface area contributed by atoms with E-state index in [1.165, 1.54) is 0 Å². The molecule has 5 nitrogen and oxygen atoms in total. The number of nitrogens with zero attached hydrogens (tertiary/aromatic N) is 2. The summed E-state index contributed by atoms with van der Waals surface area (Å²) in [7, 11) is 0. The molecule has 1 aliphatic heterocycles. The van der Waals surface area contributed by atoms with E-state index in [1.54, 1.807) is 11.8 Å². The molecule has 1 fully saturated rings. The van der Waals surface area contributed by atoms with E-state index in [-0.39, 0.29) is 22.9 Å². The number of aromatic amines is 1. The first-order chi connectivity index (χ1) is 9.90. The fourth-order valence-corrected chi connectivity index (χ4v) is 2.76. The van der Waals surface area contributed by atoms with Crippen molar-refractivity contribution in [3.8, 4) is 0 Å². The fraction of sp³-hybridized carbons (Fsp3) is 0.688. The fourth-order valence-electron chi connectivity index (χ4n) is 2.76. The maximum absolute atomic E-state index is 12.6. The van der Waals surface area contributed by atoms with Crippen LogP contribution in [0.3, 0.4) is 0 Å². The van der Waals surface area contributed by atoms with Gasteiger partial charge in [0.25, 0.3) is 11.5 Å². The molecule has 2 heterocycles. The summed E-state index contributed by atoms with van der Waals surface area (Å²) in [6.07, 6.45) is 3.14. The second-order valence-electron chi connectivity index (χ2n) is 6.39. The van der Waals surface area contributed by atoms with Crippen LogP contribution >= 0.6 is 0 Å². The third-order valence-electron chi connectivity index (χ3n) is 4.18. The third kappa shape index (κ3) is 3.52. The Bertz CT molecular complexity index is 577. The van der Waals surface area contributed by atoms with Crippen LogP contribution in [-0.2, 0) is 0 Å². The number of amides is 1. The molecule has 0 radical (unpaired) electrons. The summed E-state index contributed by atoms with van der Waals surface area (Å²) in [5.74, 6) is 1.24. The van der Waals surface area contributed by atoms with Crippen molar-refractivity contribution in [1.29, 1.82) is 0 Å². The Morgan fingerprint density at radius 3 is 2.67 bits per heavy atom. The van der Waals surface area contributed by atoms with E-state index in [1.807, 2.05) is 13.8 Å². The van der Waals surface area contributed by atoms with E-state index in [9.17, 15) is 9.59 Å². The minimum atomic E-state index is -0.312. The topological polar surface area (TPSA) is 66.1 Å². The monoisotopic (exact) mass is 291 g/mol. The summed E-state index contributed by atoms with van der Waals surface area (Å²) in [5, 5.41) is 0. The minimum Gasteiger partial charge on any atom is -0.338 e. The van der Waals surface area contributed by atoms with E-state index in [0.29, 0.717) is 17.4 Å². The van der Waals surface area contributed by atoms with Crippen LogP contribution in [0.25, 0.3) is 0 Å². The molecule has 0 aliphatic carbocycles. The number of carbonyl (C=O) groups excluding carboxylic acids is 1. The van der Waals surface area contributed by atoms with Crippen molar-refractivity contribution in [2.45, 2.75) is 52.9 Å². The predicted octanol–water partition coefficient (Wildman–Crippen LogP) is 2.46. The van der Waals surface area contributed by atoms with Gasteiger partial charge in [-0.2, -0.15) is 0 Å². The molecule has 1 amide bonds. The van der Waals surface area contributed by atoms with Crippen molar-refractivity contribution in [2.24, 2.45) is 5.92 Å². The van der Waals surface area contributed by atoms with E-state index in [0.717, 1.165) is 32.4 Å². The van der Waals surface area contributed by atoms with Gasteiger partial charge in [0.2, 0.25) is 0 Å². The Morgan fingerprint density at radius 2 is 2.05 bits per heavy atom. The first-order valence-electron chi connectivity index (χ1n) is 7.80. The molecule has 1 aliphatic rings. The number of hydrogen-bond acceptors (Lipinski definition) is 3. The predicted molar refractivity (Wildman–Crippen MR) is 82.6 cm³/mol. The molecular formula is C16H25N3O2. The summed E-state index contributed by atoms with van der Waals surface area (Å²) in [5.41, 5.74) is 0.423. The number of hydrogen-bond donors (Lipinski definition) is 1. The van der Waals surface area contributed by atoms with E-state index < -0.39 is 0 Å². The van der Waals surface area contributed by atoms with Crippen LogP contribution in [0.5, 0.6) is 0 Å². The maximum Gasteiger partial charge on any atom is 0.264 e. The molecule has 1 aromatic rings. The number of carbonyl (C=O) groups is 1. The molecule has 116 valence electrons. The van der Waals surface area contributed by atoms with Gasteiger partial charge < -0.3 is 9.88 Å². The summed E-state index contributed by atoms with van der Waals surface area (Å²) >= 11 is 0. The molecule has 1 saturated heterocycles. The number of rotatable bonds is 2. The lowest BCUT2D eigenvalue weighted by atomic mass is 10.0. The van der Waals surface area contributed by atoms with E-state index >= 15 is 0 Å². The average molecular weight is 291 g/mol. The highest BCUT2D eigenvalue weighted by Crippen LogP contribution is 2.18. The Kier molecular flexibility index (Phi) is 4.80. The zero-order chi connectivity index (χ0) is 15.6. The van der Waals surface area contributed by atoms with Gasteiger partial charge in [0.15, 0.2) is 0 Å². The smallest absolute Gasteiger partial charge is 0.264 e. The summed E-state index contributed by atoms with van der Waals surface area (Å²) < 4.78 is 0. The number of nitrogens with one attached hydrogen (secondary N) is 1. The van der Waals surface area contributed by atoms with Crippen molar-refractivity contribution in [2.75, 3.05) is 13.1 Å². The zero-order valence-corrected chi connectivity index (χ0v) is 13.4. The van der Waals surface area contributed by atoms with Gasteiger partial charge in [-0.15, -0.1) is 0 Å². The standard InChI is InChI=1S/C16H25N3O2/c1-10(2)14-17-12(4)13(15(20)18-14)16(21)19-8-5-6-11(3)7-9-19/h10-11H,5-9H2,1-4H3,(H,17,18,20). The first-order valence-corrected chi connectivity index (χ1v) is 7.80. The highest BCUT2D eigenvalue weighted by molar-refractivity contribution is 5.94. The average Bonchev–Trinajstić information content (AvgIpc) is 2.62. The van der Waals surface area contributed by atoms with Gasteiger partial charge in [0.1, 0.15) is 11.4 Å². The second kappa shape index (κ2) is 6.41. The Labute approximate surface area is 125 Å². The molecule has 5 heteroatoms. The largest absolute Gasteiger partial charge is 0.338 e. The Morgan fingerprint density at radius 1 is 1.33 bits per heavy atom. The van der Waals surface area contributed by atoms with Crippen molar-refractivity contribution in [3.63, 3.8) is 0 Å². The summed E-state index contributed by atoms with van der Waals surface area (Å²) in [6.45, 7) is 9.35. The highest BCUT2D eigenvalue weighted by atomic mass is 16.2. The van der Waals surface area contributed by atoms with Gasteiger partial charge >= 0.3 is 0 Å². The third-order valence-corrected chi connectivity index (χ3v) is 4.18. The maximum atomic E-state index is 12.6. The van der Waals surface area contributed by atoms with Gasteiger partial charge in [-0.3, -0.25) is 9.59 Å². The SMILES string of the molecule is Cc1nc(C(C)C)[nH]c(=O)c1C(=O)N1CCCC(C)CC1. The zero-order valence-electron chi connectivity index (χ0n) is 13.4. The Balaban J connectivity index is 2.29. The Hall–Kier alpha value is -1.65. The summed E-state index contributed by atoms with van der Waals surface area (Å²) in [4.78, 5) is 33.8. The number of aryl methyl sites for hydroxylation is 1. The molecule has 0 spiro atoms. The molecule has 2 rings (SSSR count). The molecule has 1 aromatic heterocycles. The van der Waals surface area contributed by atoms with Crippen LogP contribution in [0.1, 0.15) is 67.8 Å². The van der Waals surface area contributed by atoms with Crippen molar-refractivity contribution >= 4 is 5.91 Å². The van der Waals surface area contributed by atoms with Crippen LogP contribution in [0.4, 0.5) is 0 Å². The lowest BCUT2D eigenvalue weighted by Gasteiger charge is -2.21. The van der Waals surface area contributed by atoms with E-state index in [2.05, 4.69) is 16.9 Å². The van der Waals surface area contributed by atoms with Crippen molar-refractivity contribution < 1.29 is 4.79 Å². The van der Waals surface area contributed by atoms with Gasteiger partial charge in [0.05, 0.1) is 5.69 Å². The number of aromatic nitrogens is 2. The number of H-pyrrole nitrogens is 1. The molecule has 21 heavy (non-hydrogen) atoms. The van der Waals surface area contributed by atoms with Gasteiger partial charge in [-0.05, 0) is 32.1 Å². The lowest BCUT2D eigenvalue weighted by Crippen LogP contribution is -2.37. The van der Waals surface area contributed by atoms with Gasteiger partial charge in [0, 0.05) is 19.0 Å². The van der Waals surface area contributed by atoms with Crippen molar-refractivity contribution in [3.05, 3.63) is 27.4 Å². The molecule has 0 bridgehead atoms. The molecule has 1 unspecified atom stereocenters. The number of likely N-dealkylation sites (tertiary alicyclic amines) is 1. The van der Waals surface area contributed by atoms with Gasteiger partial charge in [-0.25, -0.2) is 4.98 Å². The van der Waals surface area contributed by atoms with Crippen LogP contribution in [-0.4, -0.2) is 33.9 Å². The van der Waals surface area contributed by atoms with Gasteiger partial charge in [-0.1, -0.05) is 20.8 Å². The molecule has 1 atom stereocenters. The van der Waals surface area contributed by atoms with Crippen LogP contribution in [0, 0.1) is 12.8 Å². The van der Waals surface area contributed by atoms with Crippen LogP contribution < -0.4 is 5.56 Å².